The summed E-state index contributed by atoms with van der Waals surface area (Å²) < 4.78 is 5.06. The fourth-order valence-electron chi connectivity index (χ4n) is 2.65. The summed E-state index contributed by atoms with van der Waals surface area (Å²) in [6.07, 6.45) is 8.13. The number of aliphatic hydroxyl groups excluding tert-OH is 1. The lowest BCUT2D eigenvalue weighted by molar-refractivity contribution is -0.139. The van der Waals surface area contributed by atoms with Gasteiger partial charge in [0, 0.05) is 12.2 Å². The molecule has 1 aliphatic carbocycles. The first-order valence-corrected chi connectivity index (χ1v) is 7.07. The molecule has 1 rings (SSSR count). The van der Waals surface area contributed by atoms with Gasteiger partial charge in [0.15, 0.2) is 0 Å². The first-order chi connectivity index (χ1) is 8.63. The number of aliphatic hydroxyl groups is 1. The monoisotopic (exact) mass is 254 g/mol. The van der Waals surface area contributed by atoms with Gasteiger partial charge in [0.25, 0.3) is 0 Å². The highest BCUT2D eigenvalue weighted by molar-refractivity contribution is 5.86. The van der Waals surface area contributed by atoms with Crippen LogP contribution in [0, 0.1) is 11.8 Å². The minimum atomic E-state index is -0.284. The van der Waals surface area contributed by atoms with Crippen LogP contribution in [0.1, 0.15) is 51.9 Å². The van der Waals surface area contributed by atoms with Crippen LogP contribution in [0.25, 0.3) is 0 Å². The summed E-state index contributed by atoms with van der Waals surface area (Å²) in [5.41, 5.74) is 0.466. The molecule has 2 atom stereocenters. The van der Waals surface area contributed by atoms with Gasteiger partial charge in [-0.05, 0) is 44.4 Å². The number of esters is 1. The molecule has 0 heterocycles. The van der Waals surface area contributed by atoms with Gasteiger partial charge in [-0.25, -0.2) is 4.79 Å². The van der Waals surface area contributed by atoms with Crippen LogP contribution in [-0.2, 0) is 9.53 Å². The maximum atomic E-state index is 11.1. The van der Waals surface area contributed by atoms with Crippen molar-refractivity contribution in [2.75, 3.05) is 13.2 Å². The largest absolute Gasteiger partial charge is 0.462 e. The van der Waals surface area contributed by atoms with E-state index in [-0.39, 0.29) is 5.97 Å². The Bertz CT molecular complexity index is 273. The first-order valence-electron chi connectivity index (χ1n) is 7.07. The zero-order chi connectivity index (χ0) is 13.4. The Hall–Kier alpha value is -0.830. The van der Waals surface area contributed by atoms with Crippen molar-refractivity contribution in [1.29, 1.82) is 0 Å². The molecular formula is C15H26O3. The second-order valence-electron chi connectivity index (χ2n) is 5.49. The second-order valence-corrected chi connectivity index (χ2v) is 5.49. The zero-order valence-corrected chi connectivity index (χ0v) is 11.5. The average Bonchev–Trinajstić information content (AvgIpc) is 2.38. The van der Waals surface area contributed by atoms with Crippen molar-refractivity contribution >= 4 is 5.97 Å². The van der Waals surface area contributed by atoms with E-state index < -0.39 is 0 Å². The van der Waals surface area contributed by atoms with Crippen molar-refractivity contribution in [2.24, 2.45) is 11.8 Å². The topological polar surface area (TPSA) is 46.5 Å². The third kappa shape index (κ3) is 5.67. The Morgan fingerprint density at radius 3 is 2.72 bits per heavy atom. The van der Waals surface area contributed by atoms with Gasteiger partial charge in [0.2, 0.25) is 0 Å². The van der Waals surface area contributed by atoms with Gasteiger partial charge in [-0.3, -0.25) is 0 Å². The molecular weight excluding hydrogens is 228 g/mol. The second kappa shape index (κ2) is 8.30. The van der Waals surface area contributed by atoms with Gasteiger partial charge >= 0.3 is 5.97 Å². The predicted octanol–water partition coefficient (Wildman–Crippen LogP) is 3.07. The van der Waals surface area contributed by atoms with Gasteiger partial charge in [-0.2, -0.15) is 0 Å². The third-order valence-corrected chi connectivity index (χ3v) is 3.74. The maximum absolute atomic E-state index is 11.1. The van der Waals surface area contributed by atoms with E-state index in [0.29, 0.717) is 24.7 Å². The number of carbonyl (C=O) groups excluding carboxylic acids is 1. The van der Waals surface area contributed by atoms with E-state index in [2.05, 4.69) is 6.58 Å². The molecule has 0 radical (unpaired) electrons. The van der Waals surface area contributed by atoms with E-state index in [0.717, 1.165) is 18.8 Å². The highest BCUT2D eigenvalue weighted by Crippen LogP contribution is 2.31. The lowest BCUT2D eigenvalue weighted by atomic mass is 9.79. The fourth-order valence-corrected chi connectivity index (χ4v) is 2.65. The number of carbonyl (C=O) groups is 1. The molecule has 0 aromatic heterocycles. The minimum absolute atomic E-state index is 0.284. The van der Waals surface area contributed by atoms with Crippen molar-refractivity contribution in [3.63, 3.8) is 0 Å². The van der Waals surface area contributed by atoms with Crippen LogP contribution in [0.2, 0.25) is 0 Å². The summed E-state index contributed by atoms with van der Waals surface area (Å²) >= 11 is 0. The number of unbranched alkanes of at least 4 members (excludes halogenated alkanes) is 1. The van der Waals surface area contributed by atoms with E-state index in [9.17, 15) is 4.79 Å². The van der Waals surface area contributed by atoms with Crippen molar-refractivity contribution in [2.45, 2.75) is 51.9 Å². The zero-order valence-electron chi connectivity index (χ0n) is 11.5. The standard InChI is InChI=1S/C15H26O3/c1-12(2)15(17)18-9-4-3-6-13-7-5-8-14(10-13)11-16/h13-14,16H,1,3-11H2,2H3. The summed E-state index contributed by atoms with van der Waals surface area (Å²) in [5, 5.41) is 9.17. The van der Waals surface area contributed by atoms with Crippen LogP contribution >= 0.6 is 0 Å². The van der Waals surface area contributed by atoms with E-state index in [1.54, 1.807) is 6.92 Å². The molecule has 1 N–H and O–H groups in total. The average molecular weight is 254 g/mol. The lowest BCUT2D eigenvalue weighted by Crippen LogP contribution is -2.18. The maximum Gasteiger partial charge on any atom is 0.333 e. The van der Waals surface area contributed by atoms with Crippen LogP contribution in [0.3, 0.4) is 0 Å². The van der Waals surface area contributed by atoms with Crippen molar-refractivity contribution in [3.05, 3.63) is 12.2 Å². The molecule has 0 aliphatic heterocycles. The van der Waals surface area contributed by atoms with Gasteiger partial charge < -0.3 is 9.84 Å². The Morgan fingerprint density at radius 1 is 1.33 bits per heavy atom. The van der Waals surface area contributed by atoms with Crippen LogP contribution < -0.4 is 0 Å². The van der Waals surface area contributed by atoms with Gasteiger partial charge in [0.05, 0.1) is 6.61 Å². The third-order valence-electron chi connectivity index (χ3n) is 3.74. The van der Waals surface area contributed by atoms with Crippen LogP contribution in [0.5, 0.6) is 0 Å². The SMILES string of the molecule is C=C(C)C(=O)OCCCCC1CCCC(CO)C1. The normalized spacial score (nSPS) is 23.7. The van der Waals surface area contributed by atoms with E-state index in [4.69, 9.17) is 9.84 Å². The molecule has 0 aromatic carbocycles. The highest BCUT2D eigenvalue weighted by Gasteiger charge is 2.20. The Balaban J connectivity index is 2.04. The van der Waals surface area contributed by atoms with Gasteiger partial charge in [0.1, 0.15) is 0 Å². The van der Waals surface area contributed by atoms with Crippen LogP contribution in [0.15, 0.2) is 12.2 Å². The van der Waals surface area contributed by atoms with Crippen molar-refractivity contribution in [3.8, 4) is 0 Å². The molecule has 104 valence electrons. The lowest BCUT2D eigenvalue weighted by Gasteiger charge is -2.27. The number of rotatable bonds is 7. The summed E-state index contributed by atoms with van der Waals surface area (Å²) in [6, 6.07) is 0. The minimum Gasteiger partial charge on any atom is -0.462 e. The molecule has 0 saturated heterocycles. The summed E-state index contributed by atoms with van der Waals surface area (Å²) in [5.74, 6) is 0.991. The molecule has 3 nitrogen and oxygen atoms in total. The molecule has 0 amide bonds. The molecule has 3 heteroatoms. The Morgan fingerprint density at radius 2 is 2.06 bits per heavy atom. The highest BCUT2D eigenvalue weighted by atomic mass is 16.5. The number of ether oxygens (including phenoxy) is 1. The quantitative estimate of drug-likeness (QED) is 0.431. The van der Waals surface area contributed by atoms with Crippen molar-refractivity contribution in [1.82, 2.24) is 0 Å². The number of hydrogen-bond acceptors (Lipinski definition) is 3. The molecule has 18 heavy (non-hydrogen) atoms. The summed E-state index contributed by atoms with van der Waals surface area (Å²) in [7, 11) is 0. The Labute approximate surface area is 110 Å². The predicted molar refractivity (Wildman–Crippen MR) is 72.2 cm³/mol. The fraction of sp³-hybridized carbons (Fsp3) is 0.800. The van der Waals surface area contributed by atoms with E-state index >= 15 is 0 Å². The Kier molecular flexibility index (Phi) is 7.02. The molecule has 0 aromatic rings. The van der Waals surface area contributed by atoms with Crippen LogP contribution in [0.4, 0.5) is 0 Å². The molecule has 0 spiro atoms. The van der Waals surface area contributed by atoms with E-state index in [1.807, 2.05) is 0 Å². The summed E-state index contributed by atoms with van der Waals surface area (Å²) in [4.78, 5) is 11.1. The van der Waals surface area contributed by atoms with Crippen LogP contribution in [-0.4, -0.2) is 24.3 Å². The molecule has 0 bridgehead atoms. The molecule has 1 aliphatic rings. The van der Waals surface area contributed by atoms with Gasteiger partial charge in [-0.15, -0.1) is 0 Å². The van der Waals surface area contributed by atoms with Gasteiger partial charge in [-0.1, -0.05) is 25.8 Å². The molecule has 1 saturated carbocycles. The molecule has 1 fully saturated rings. The summed E-state index contributed by atoms with van der Waals surface area (Å²) in [6.45, 7) is 6.05. The van der Waals surface area contributed by atoms with Crippen molar-refractivity contribution < 1.29 is 14.6 Å². The number of hydrogen-bond donors (Lipinski definition) is 1. The first kappa shape index (κ1) is 15.2. The molecule has 2 unspecified atom stereocenters. The smallest absolute Gasteiger partial charge is 0.333 e. The van der Waals surface area contributed by atoms with E-state index in [1.165, 1.54) is 32.1 Å².